The van der Waals surface area contributed by atoms with E-state index in [-0.39, 0.29) is 5.91 Å². The van der Waals surface area contributed by atoms with Crippen molar-refractivity contribution in [1.29, 1.82) is 0 Å². The highest BCUT2D eigenvalue weighted by Crippen LogP contribution is 2.34. The molecule has 0 saturated heterocycles. The van der Waals surface area contributed by atoms with E-state index in [1.165, 1.54) is 0 Å². The first-order chi connectivity index (χ1) is 9.01. The number of carbonyl (C=O) groups is 1. The van der Waals surface area contributed by atoms with Crippen molar-refractivity contribution in [3.63, 3.8) is 0 Å². The molecular weight excluding hydrogens is 330 g/mol. The zero-order valence-corrected chi connectivity index (χ0v) is 13.4. The van der Waals surface area contributed by atoms with E-state index in [2.05, 4.69) is 15.9 Å². The second kappa shape index (κ2) is 6.14. The Kier molecular flexibility index (Phi) is 4.74. The van der Waals surface area contributed by atoms with Crippen molar-refractivity contribution in [3.05, 3.63) is 28.8 Å². The molecule has 0 N–H and O–H groups in total. The van der Waals surface area contributed by atoms with E-state index in [1.807, 2.05) is 7.05 Å². The summed E-state index contributed by atoms with van der Waals surface area (Å²) in [5.74, 6) is 1.11. The summed E-state index contributed by atoms with van der Waals surface area (Å²) >= 11 is 9.52. The maximum Gasteiger partial charge on any atom is 0.257 e. The molecule has 0 bridgehead atoms. The Bertz CT molecular complexity index is 475. The molecule has 1 aliphatic carbocycles. The van der Waals surface area contributed by atoms with Crippen molar-refractivity contribution in [3.8, 4) is 5.75 Å². The second-order valence-corrected chi connectivity index (χ2v) is 6.70. The molecule has 19 heavy (non-hydrogen) atoms. The summed E-state index contributed by atoms with van der Waals surface area (Å²) in [5, 5.41) is 0.543. The number of amides is 1. The lowest BCUT2D eigenvalue weighted by atomic mass is 9.85. The third kappa shape index (κ3) is 3.42. The lowest BCUT2D eigenvalue weighted by Gasteiger charge is -2.34. The molecule has 1 fully saturated rings. The Morgan fingerprint density at radius 1 is 1.53 bits per heavy atom. The van der Waals surface area contributed by atoms with Crippen LogP contribution in [0.2, 0.25) is 5.02 Å². The highest BCUT2D eigenvalue weighted by atomic mass is 79.9. The first kappa shape index (κ1) is 14.7. The van der Waals surface area contributed by atoms with E-state index in [1.54, 1.807) is 30.2 Å². The van der Waals surface area contributed by atoms with Gasteiger partial charge in [-0.1, -0.05) is 27.5 Å². The normalized spacial score (nSPS) is 21.7. The fraction of sp³-hybridized carbons (Fsp3) is 0.500. The average Bonchev–Trinajstić information content (AvgIpc) is 2.35. The van der Waals surface area contributed by atoms with Crippen LogP contribution >= 0.6 is 27.5 Å². The molecule has 0 radical (unpaired) electrons. The largest absolute Gasteiger partial charge is 0.496 e. The zero-order valence-electron chi connectivity index (χ0n) is 11.0. The highest BCUT2D eigenvalue weighted by Gasteiger charge is 2.29. The fourth-order valence-electron chi connectivity index (χ4n) is 2.33. The van der Waals surface area contributed by atoms with Crippen molar-refractivity contribution in [2.45, 2.75) is 17.7 Å². The Balaban J connectivity index is 2.07. The number of nitrogens with zero attached hydrogens (tertiary/aromatic N) is 1. The molecule has 1 aromatic carbocycles. The summed E-state index contributed by atoms with van der Waals surface area (Å²) in [7, 11) is 3.38. The van der Waals surface area contributed by atoms with Crippen LogP contribution in [-0.4, -0.2) is 36.3 Å². The van der Waals surface area contributed by atoms with Crippen molar-refractivity contribution in [2.24, 2.45) is 5.92 Å². The summed E-state index contributed by atoms with van der Waals surface area (Å²) in [4.78, 5) is 14.8. The number of carbonyl (C=O) groups excluding carboxylic acids is 1. The third-order valence-electron chi connectivity index (χ3n) is 3.45. The molecule has 0 aliphatic heterocycles. The number of hydrogen-bond acceptors (Lipinski definition) is 2. The molecular formula is C14H17BrClNO2. The minimum absolute atomic E-state index is 0.0441. The first-order valence-electron chi connectivity index (χ1n) is 6.24. The van der Waals surface area contributed by atoms with Gasteiger partial charge in [-0.3, -0.25) is 4.79 Å². The van der Waals surface area contributed by atoms with Crippen LogP contribution in [0.1, 0.15) is 23.2 Å². The van der Waals surface area contributed by atoms with Crippen molar-refractivity contribution in [2.75, 3.05) is 20.7 Å². The van der Waals surface area contributed by atoms with E-state index in [4.69, 9.17) is 16.3 Å². The molecule has 0 heterocycles. The molecule has 0 spiro atoms. The fourth-order valence-corrected chi connectivity index (χ4v) is 3.56. The average molecular weight is 347 g/mol. The number of rotatable bonds is 4. The van der Waals surface area contributed by atoms with Gasteiger partial charge in [0.05, 0.1) is 12.7 Å². The van der Waals surface area contributed by atoms with Crippen molar-refractivity contribution >= 4 is 33.4 Å². The molecule has 1 saturated carbocycles. The summed E-state index contributed by atoms with van der Waals surface area (Å²) in [6.07, 6.45) is 2.26. The Morgan fingerprint density at radius 2 is 2.21 bits per heavy atom. The SMILES string of the molecule is COc1ccc(Cl)cc1C(=O)N(C)CC1CC(Br)C1. The van der Waals surface area contributed by atoms with Crippen LogP contribution in [0.25, 0.3) is 0 Å². The number of methoxy groups -OCH3 is 1. The van der Waals surface area contributed by atoms with Gasteiger partial charge in [0.15, 0.2) is 0 Å². The Morgan fingerprint density at radius 3 is 2.79 bits per heavy atom. The van der Waals surface area contributed by atoms with E-state index in [0.717, 1.165) is 19.4 Å². The van der Waals surface area contributed by atoms with Gasteiger partial charge in [0.1, 0.15) is 5.75 Å². The smallest absolute Gasteiger partial charge is 0.257 e. The van der Waals surface area contributed by atoms with Crippen LogP contribution in [0.15, 0.2) is 18.2 Å². The first-order valence-corrected chi connectivity index (χ1v) is 7.53. The summed E-state index contributed by atoms with van der Waals surface area (Å²) in [5.41, 5.74) is 0.521. The quantitative estimate of drug-likeness (QED) is 0.780. The van der Waals surface area contributed by atoms with Gasteiger partial charge in [-0.15, -0.1) is 0 Å². The number of ether oxygens (including phenoxy) is 1. The molecule has 5 heteroatoms. The molecule has 1 amide bonds. The highest BCUT2D eigenvalue weighted by molar-refractivity contribution is 9.09. The van der Waals surface area contributed by atoms with E-state index < -0.39 is 0 Å². The van der Waals surface area contributed by atoms with Crippen LogP contribution in [0.5, 0.6) is 5.75 Å². The lowest BCUT2D eigenvalue weighted by molar-refractivity contribution is 0.0745. The summed E-state index contributed by atoms with van der Waals surface area (Å²) < 4.78 is 5.22. The third-order valence-corrected chi connectivity index (χ3v) is 4.43. The van der Waals surface area contributed by atoms with Crippen LogP contribution in [0, 0.1) is 5.92 Å². The van der Waals surface area contributed by atoms with E-state index in [9.17, 15) is 4.79 Å². The van der Waals surface area contributed by atoms with E-state index in [0.29, 0.717) is 27.1 Å². The van der Waals surface area contributed by atoms with Crippen molar-refractivity contribution < 1.29 is 9.53 Å². The van der Waals surface area contributed by atoms with Gasteiger partial charge in [-0.05, 0) is 37.0 Å². The maximum atomic E-state index is 12.4. The number of hydrogen-bond donors (Lipinski definition) is 0. The minimum Gasteiger partial charge on any atom is -0.496 e. The zero-order chi connectivity index (χ0) is 14.0. The number of alkyl halides is 1. The topological polar surface area (TPSA) is 29.5 Å². The van der Waals surface area contributed by atoms with Crippen LogP contribution < -0.4 is 4.74 Å². The van der Waals surface area contributed by atoms with Gasteiger partial charge >= 0.3 is 0 Å². The number of halogens is 2. The van der Waals surface area contributed by atoms with Gasteiger partial charge in [0, 0.05) is 23.4 Å². The lowest BCUT2D eigenvalue weighted by Crippen LogP contribution is -2.37. The summed E-state index contributed by atoms with van der Waals surface area (Å²) in [6, 6.07) is 5.10. The minimum atomic E-state index is -0.0441. The van der Waals surface area contributed by atoms with Gasteiger partial charge in [-0.25, -0.2) is 0 Å². The van der Waals surface area contributed by atoms with Gasteiger partial charge in [-0.2, -0.15) is 0 Å². The summed E-state index contributed by atoms with van der Waals surface area (Å²) in [6.45, 7) is 0.774. The van der Waals surface area contributed by atoms with Crippen LogP contribution in [-0.2, 0) is 0 Å². The predicted molar refractivity (Wildman–Crippen MR) is 80.4 cm³/mol. The Labute approximate surface area is 127 Å². The molecule has 0 unspecified atom stereocenters. The van der Waals surface area contributed by atoms with Crippen LogP contribution in [0.3, 0.4) is 0 Å². The maximum absolute atomic E-state index is 12.4. The van der Waals surface area contributed by atoms with Gasteiger partial charge in [0.2, 0.25) is 0 Å². The van der Waals surface area contributed by atoms with Crippen molar-refractivity contribution in [1.82, 2.24) is 4.90 Å². The van der Waals surface area contributed by atoms with Crippen LogP contribution in [0.4, 0.5) is 0 Å². The molecule has 0 aromatic heterocycles. The number of benzene rings is 1. The molecule has 104 valence electrons. The Hall–Kier alpha value is -0.740. The standard InChI is InChI=1S/C14H17BrClNO2/c1-17(8-9-5-10(15)6-9)14(18)12-7-11(16)3-4-13(12)19-2/h3-4,7,9-10H,5-6,8H2,1-2H3. The molecule has 3 nitrogen and oxygen atoms in total. The monoisotopic (exact) mass is 345 g/mol. The second-order valence-electron chi connectivity index (χ2n) is 4.96. The van der Waals surface area contributed by atoms with Gasteiger partial charge < -0.3 is 9.64 Å². The molecule has 1 aliphatic rings. The predicted octanol–water partition coefficient (Wildman–Crippen LogP) is 3.59. The van der Waals surface area contributed by atoms with Gasteiger partial charge in [0.25, 0.3) is 5.91 Å². The molecule has 1 aromatic rings. The van der Waals surface area contributed by atoms with E-state index >= 15 is 0 Å². The molecule has 0 atom stereocenters. The molecule has 2 rings (SSSR count).